The van der Waals surface area contributed by atoms with Gasteiger partial charge in [0.05, 0.1) is 12.7 Å². The normalized spacial score (nSPS) is 11.0. The van der Waals surface area contributed by atoms with Gasteiger partial charge in [0.1, 0.15) is 5.75 Å². The average molecular weight is 428 g/mol. The molecule has 0 saturated heterocycles. The molecule has 2 N–H and O–H groups in total. The van der Waals surface area contributed by atoms with Gasteiger partial charge < -0.3 is 10.1 Å². The van der Waals surface area contributed by atoms with Crippen LogP contribution in [0.3, 0.4) is 0 Å². The third-order valence-electron chi connectivity index (χ3n) is 4.60. The highest BCUT2D eigenvalue weighted by Gasteiger charge is 2.33. The van der Waals surface area contributed by atoms with Gasteiger partial charge in [-0.1, -0.05) is 36.4 Å². The van der Waals surface area contributed by atoms with E-state index in [-0.39, 0.29) is 22.6 Å². The molecule has 0 atom stereocenters. The Labute approximate surface area is 176 Å². The van der Waals surface area contributed by atoms with Crippen LogP contribution in [0.4, 0.5) is 23.7 Å². The van der Waals surface area contributed by atoms with Gasteiger partial charge in [-0.2, -0.15) is 13.2 Å². The minimum atomic E-state index is -4.53. The van der Waals surface area contributed by atoms with Gasteiger partial charge in [0, 0.05) is 22.9 Å². The molecule has 0 radical (unpaired) electrons. The maximum atomic E-state index is 13.4. The van der Waals surface area contributed by atoms with E-state index in [1.165, 1.54) is 43.5 Å². The lowest BCUT2D eigenvalue weighted by atomic mass is 9.98. The topological polar surface area (TPSA) is 67.4 Å². The maximum Gasteiger partial charge on any atom is 0.417 e. The minimum absolute atomic E-state index is 0.0439. The molecule has 160 valence electrons. The Morgan fingerprint density at radius 2 is 1.58 bits per heavy atom. The van der Waals surface area contributed by atoms with Gasteiger partial charge in [0.25, 0.3) is 5.91 Å². The molecular formula is C23H19F3N2O3. The van der Waals surface area contributed by atoms with E-state index in [4.69, 9.17) is 4.74 Å². The lowest BCUT2D eigenvalue weighted by molar-refractivity contribution is -0.137. The van der Waals surface area contributed by atoms with Crippen LogP contribution < -0.4 is 15.4 Å². The highest BCUT2D eigenvalue weighted by molar-refractivity contribution is 6.08. The van der Waals surface area contributed by atoms with E-state index in [1.54, 1.807) is 31.2 Å². The number of amides is 3. The lowest BCUT2D eigenvalue weighted by Crippen LogP contribution is -2.34. The summed E-state index contributed by atoms with van der Waals surface area (Å²) in [6.45, 7) is 1.75. The molecule has 0 aliphatic rings. The Balaban J connectivity index is 1.82. The summed E-state index contributed by atoms with van der Waals surface area (Å²) in [6.07, 6.45) is -4.53. The molecule has 3 rings (SSSR count). The van der Waals surface area contributed by atoms with Gasteiger partial charge in [-0.3, -0.25) is 10.1 Å². The van der Waals surface area contributed by atoms with Crippen molar-refractivity contribution in [3.63, 3.8) is 0 Å². The highest BCUT2D eigenvalue weighted by atomic mass is 19.4. The summed E-state index contributed by atoms with van der Waals surface area (Å²) in [7, 11) is 1.32. The van der Waals surface area contributed by atoms with Gasteiger partial charge in [-0.05, 0) is 42.3 Å². The van der Waals surface area contributed by atoms with Crippen molar-refractivity contribution in [2.75, 3.05) is 12.4 Å². The first-order chi connectivity index (χ1) is 14.7. The average Bonchev–Trinajstić information content (AvgIpc) is 2.73. The van der Waals surface area contributed by atoms with Crippen molar-refractivity contribution < 1.29 is 27.5 Å². The van der Waals surface area contributed by atoms with E-state index in [2.05, 4.69) is 10.6 Å². The zero-order valence-electron chi connectivity index (χ0n) is 16.7. The van der Waals surface area contributed by atoms with E-state index in [0.717, 1.165) is 6.07 Å². The molecular weight excluding hydrogens is 409 g/mol. The monoisotopic (exact) mass is 428 g/mol. The first-order valence-electron chi connectivity index (χ1n) is 9.23. The third-order valence-corrected chi connectivity index (χ3v) is 4.60. The number of hydrogen-bond acceptors (Lipinski definition) is 3. The Morgan fingerprint density at radius 1 is 0.903 bits per heavy atom. The molecule has 0 spiro atoms. The van der Waals surface area contributed by atoms with E-state index in [0.29, 0.717) is 11.1 Å². The Morgan fingerprint density at radius 3 is 2.26 bits per heavy atom. The Hall–Kier alpha value is -3.81. The molecule has 5 nitrogen and oxygen atoms in total. The van der Waals surface area contributed by atoms with E-state index >= 15 is 0 Å². The van der Waals surface area contributed by atoms with Crippen molar-refractivity contribution in [3.8, 4) is 16.9 Å². The second-order valence-electron chi connectivity index (χ2n) is 6.68. The zero-order valence-corrected chi connectivity index (χ0v) is 16.7. The van der Waals surface area contributed by atoms with Crippen LogP contribution in [0.1, 0.15) is 21.5 Å². The quantitative estimate of drug-likeness (QED) is 0.564. The lowest BCUT2D eigenvalue weighted by Gasteiger charge is -2.16. The molecule has 3 aromatic carbocycles. The first-order valence-corrected chi connectivity index (χ1v) is 9.23. The maximum absolute atomic E-state index is 13.4. The van der Waals surface area contributed by atoms with E-state index in [1.807, 2.05) is 0 Å². The number of rotatable bonds is 4. The highest BCUT2D eigenvalue weighted by Crippen LogP contribution is 2.41. The summed E-state index contributed by atoms with van der Waals surface area (Å²) >= 11 is 0. The smallest absolute Gasteiger partial charge is 0.417 e. The molecule has 31 heavy (non-hydrogen) atoms. The van der Waals surface area contributed by atoms with Crippen molar-refractivity contribution in [1.82, 2.24) is 5.32 Å². The molecule has 0 saturated carbocycles. The molecule has 0 bridgehead atoms. The standard InChI is InChI=1S/C23H19F3N2O3/c1-14-7-3-4-8-16(14)21(29)28-22(30)27-15-11-12-18(20(13-15)31-2)17-9-5-6-10-19(17)23(24,25)26/h3-13H,1-2H3,(H2,27,28,29,30). The van der Waals surface area contributed by atoms with Crippen LogP contribution in [0.2, 0.25) is 0 Å². The molecule has 0 aliphatic carbocycles. The number of methoxy groups -OCH3 is 1. The van der Waals surface area contributed by atoms with Gasteiger partial charge >= 0.3 is 12.2 Å². The van der Waals surface area contributed by atoms with Crippen molar-refractivity contribution in [1.29, 1.82) is 0 Å². The fourth-order valence-corrected chi connectivity index (χ4v) is 3.12. The van der Waals surface area contributed by atoms with Crippen LogP contribution >= 0.6 is 0 Å². The van der Waals surface area contributed by atoms with Crippen molar-refractivity contribution in [2.24, 2.45) is 0 Å². The number of alkyl halides is 3. The van der Waals surface area contributed by atoms with E-state index < -0.39 is 23.7 Å². The fourth-order valence-electron chi connectivity index (χ4n) is 3.12. The molecule has 0 heterocycles. The van der Waals surface area contributed by atoms with E-state index in [9.17, 15) is 22.8 Å². The number of anilines is 1. The summed E-state index contributed by atoms with van der Waals surface area (Å²) in [5.74, 6) is -0.432. The number of hydrogen-bond donors (Lipinski definition) is 2. The number of carbonyl (C=O) groups excluding carboxylic acids is 2. The molecule has 3 aromatic rings. The van der Waals surface area contributed by atoms with Crippen molar-refractivity contribution in [3.05, 3.63) is 83.4 Å². The molecule has 0 aromatic heterocycles. The third kappa shape index (κ3) is 5.03. The molecule has 8 heteroatoms. The number of halogens is 3. The van der Waals surface area contributed by atoms with Gasteiger partial charge in [0.15, 0.2) is 0 Å². The number of nitrogens with one attached hydrogen (secondary N) is 2. The van der Waals surface area contributed by atoms with Crippen LogP contribution in [0, 0.1) is 6.92 Å². The molecule has 3 amide bonds. The zero-order chi connectivity index (χ0) is 22.6. The molecule has 0 aliphatic heterocycles. The van der Waals surface area contributed by atoms with Crippen LogP contribution in [0.25, 0.3) is 11.1 Å². The van der Waals surface area contributed by atoms with Crippen LogP contribution in [-0.4, -0.2) is 19.0 Å². The summed E-state index contributed by atoms with van der Waals surface area (Å²) < 4.78 is 45.4. The Kier molecular flexibility index (Phi) is 6.29. The molecule has 0 unspecified atom stereocenters. The van der Waals surface area contributed by atoms with Crippen molar-refractivity contribution in [2.45, 2.75) is 13.1 Å². The SMILES string of the molecule is COc1cc(NC(=O)NC(=O)c2ccccc2C)ccc1-c1ccccc1C(F)(F)F. The summed E-state index contributed by atoms with van der Waals surface area (Å²) in [5, 5.41) is 4.71. The number of ether oxygens (including phenoxy) is 1. The predicted molar refractivity (Wildman–Crippen MR) is 111 cm³/mol. The van der Waals surface area contributed by atoms with Gasteiger partial charge in [0.2, 0.25) is 0 Å². The predicted octanol–water partition coefficient (Wildman–Crippen LogP) is 5.65. The number of urea groups is 1. The van der Waals surface area contributed by atoms with Gasteiger partial charge in [-0.25, -0.2) is 4.79 Å². The van der Waals surface area contributed by atoms with Crippen LogP contribution in [0.15, 0.2) is 66.7 Å². The second kappa shape index (κ2) is 8.91. The molecule has 0 fully saturated rings. The summed E-state index contributed by atoms with van der Waals surface area (Å²) in [4.78, 5) is 24.5. The number of benzene rings is 3. The Bertz CT molecular complexity index is 1130. The number of imide groups is 1. The number of carbonyl (C=O) groups is 2. The van der Waals surface area contributed by atoms with Gasteiger partial charge in [-0.15, -0.1) is 0 Å². The summed E-state index contributed by atoms with van der Waals surface area (Å²) in [6, 6.07) is 15.4. The second-order valence-corrected chi connectivity index (χ2v) is 6.68. The minimum Gasteiger partial charge on any atom is -0.496 e. The van der Waals surface area contributed by atoms with Crippen LogP contribution in [-0.2, 0) is 6.18 Å². The summed E-state index contributed by atoms with van der Waals surface area (Å²) in [5.41, 5.74) is 0.696. The largest absolute Gasteiger partial charge is 0.496 e. The van der Waals surface area contributed by atoms with Crippen LogP contribution in [0.5, 0.6) is 5.75 Å². The van der Waals surface area contributed by atoms with Crippen molar-refractivity contribution >= 4 is 17.6 Å². The first kappa shape index (κ1) is 21.9. The number of aryl methyl sites for hydroxylation is 1. The fraction of sp³-hybridized carbons (Fsp3) is 0.130.